The largest absolute Gasteiger partial charge is 0.359 e. The first-order valence-electron chi connectivity index (χ1n) is 9.26. The second kappa shape index (κ2) is 8.61. The van der Waals surface area contributed by atoms with E-state index in [1.54, 1.807) is 25.4 Å². The summed E-state index contributed by atoms with van der Waals surface area (Å²) in [6.45, 7) is 6.59. The van der Waals surface area contributed by atoms with E-state index in [-0.39, 0.29) is 5.91 Å². The normalized spacial score (nSPS) is 10.6. The maximum absolute atomic E-state index is 12.7. The monoisotopic (exact) mass is 375 g/mol. The highest BCUT2D eigenvalue weighted by Crippen LogP contribution is 2.17. The number of aromatic nitrogens is 3. The Bertz CT molecular complexity index is 952. The number of carbonyl (C=O) groups excluding carboxylic acids is 1. The highest BCUT2D eigenvalue weighted by atomic mass is 16.1. The van der Waals surface area contributed by atoms with Crippen LogP contribution in [0.4, 0.5) is 11.5 Å². The number of hydrogen-bond donors (Lipinski definition) is 1. The van der Waals surface area contributed by atoms with Crippen molar-refractivity contribution < 1.29 is 4.79 Å². The van der Waals surface area contributed by atoms with E-state index < -0.39 is 0 Å². The Morgan fingerprint density at radius 1 is 1.00 bits per heavy atom. The molecular weight excluding hydrogens is 350 g/mol. The number of rotatable bonds is 6. The molecule has 0 spiro atoms. The van der Waals surface area contributed by atoms with Crippen molar-refractivity contribution in [2.45, 2.75) is 27.2 Å². The average Bonchev–Trinajstić information content (AvgIpc) is 2.65. The number of aryl methyl sites for hydroxylation is 3. The number of carbonyl (C=O) groups is 1. The molecule has 1 aromatic carbocycles. The van der Waals surface area contributed by atoms with Crippen LogP contribution in [-0.2, 0) is 6.42 Å². The van der Waals surface area contributed by atoms with E-state index in [9.17, 15) is 4.79 Å². The van der Waals surface area contributed by atoms with Crippen molar-refractivity contribution >= 4 is 17.4 Å². The van der Waals surface area contributed by atoms with Gasteiger partial charge in [-0.2, -0.15) is 0 Å². The van der Waals surface area contributed by atoms with Crippen LogP contribution < -0.4 is 10.2 Å². The van der Waals surface area contributed by atoms with Crippen molar-refractivity contribution in [3.63, 3.8) is 0 Å². The Labute approximate surface area is 165 Å². The summed E-state index contributed by atoms with van der Waals surface area (Å²) in [4.78, 5) is 27.6. The molecule has 2 heterocycles. The molecule has 0 radical (unpaired) electrons. The van der Waals surface area contributed by atoms with Crippen LogP contribution in [0.3, 0.4) is 0 Å². The minimum absolute atomic E-state index is 0.237. The summed E-state index contributed by atoms with van der Waals surface area (Å²) >= 11 is 0. The number of amides is 1. The number of nitrogens with one attached hydrogen (secondary N) is 1. The summed E-state index contributed by atoms with van der Waals surface area (Å²) in [5.74, 6) is 1.06. The second-order valence-corrected chi connectivity index (χ2v) is 7.02. The van der Waals surface area contributed by atoms with Crippen LogP contribution in [0.5, 0.6) is 0 Å². The zero-order chi connectivity index (χ0) is 20.1. The molecule has 2 aromatic heterocycles. The molecule has 0 saturated carbocycles. The van der Waals surface area contributed by atoms with E-state index in [0.717, 1.165) is 35.6 Å². The molecule has 6 nitrogen and oxygen atoms in total. The van der Waals surface area contributed by atoms with Gasteiger partial charge in [-0.25, -0.2) is 9.97 Å². The van der Waals surface area contributed by atoms with Crippen LogP contribution in [-0.4, -0.2) is 34.5 Å². The van der Waals surface area contributed by atoms with Gasteiger partial charge in [-0.3, -0.25) is 9.78 Å². The summed E-state index contributed by atoms with van der Waals surface area (Å²) in [5, 5.41) is 2.94. The van der Waals surface area contributed by atoms with E-state index >= 15 is 0 Å². The fraction of sp³-hybridized carbons (Fsp3) is 0.273. The van der Waals surface area contributed by atoms with Crippen LogP contribution in [0.2, 0.25) is 0 Å². The average molecular weight is 375 g/mol. The predicted molar refractivity (Wildman–Crippen MR) is 112 cm³/mol. The Balaban J connectivity index is 1.73. The second-order valence-electron chi connectivity index (χ2n) is 7.02. The molecular formula is C22H25N5O. The van der Waals surface area contributed by atoms with Crippen LogP contribution in [0.25, 0.3) is 0 Å². The summed E-state index contributed by atoms with van der Waals surface area (Å²) in [5.41, 5.74) is 4.54. The molecule has 0 saturated heterocycles. The minimum Gasteiger partial charge on any atom is -0.359 e. The number of hydrogen-bond acceptors (Lipinski definition) is 5. The lowest BCUT2D eigenvalue weighted by molar-refractivity contribution is 0.102. The number of anilines is 2. The summed E-state index contributed by atoms with van der Waals surface area (Å²) in [7, 11) is 1.97. The van der Waals surface area contributed by atoms with Crippen molar-refractivity contribution in [3.8, 4) is 0 Å². The van der Waals surface area contributed by atoms with E-state index in [1.165, 1.54) is 5.56 Å². The lowest BCUT2D eigenvalue weighted by Gasteiger charge is -2.19. The molecule has 0 atom stereocenters. The summed E-state index contributed by atoms with van der Waals surface area (Å²) < 4.78 is 0. The van der Waals surface area contributed by atoms with Gasteiger partial charge in [-0.1, -0.05) is 6.07 Å². The highest BCUT2D eigenvalue weighted by Gasteiger charge is 2.13. The number of benzene rings is 1. The van der Waals surface area contributed by atoms with Gasteiger partial charge in [0, 0.05) is 37.7 Å². The summed E-state index contributed by atoms with van der Waals surface area (Å²) in [6, 6.07) is 11.7. The molecule has 0 fully saturated rings. The molecule has 0 unspecified atom stereocenters. The molecule has 1 N–H and O–H groups in total. The van der Waals surface area contributed by atoms with E-state index in [2.05, 4.69) is 26.3 Å². The maximum Gasteiger partial charge on any atom is 0.274 e. The topological polar surface area (TPSA) is 71.0 Å². The molecule has 0 aliphatic carbocycles. The molecule has 6 heteroatoms. The molecule has 1 amide bonds. The van der Waals surface area contributed by atoms with Gasteiger partial charge in [-0.05, 0) is 68.1 Å². The fourth-order valence-corrected chi connectivity index (χ4v) is 3.07. The Hall–Kier alpha value is -3.28. The molecule has 0 aliphatic heterocycles. The van der Waals surface area contributed by atoms with Gasteiger partial charge in [0.1, 0.15) is 17.3 Å². The van der Waals surface area contributed by atoms with Crippen LogP contribution in [0.1, 0.15) is 33.0 Å². The smallest absolute Gasteiger partial charge is 0.274 e. The van der Waals surface area contributed by atoms with Gasteiger partial charge in [0.2, 0.25) is 0 Å². The number of nitrogens with zero attached hydrogens (tertiary/aromatic N) is 4. The Morgan fingerprint density at radius 2 is 1.68 bits per heavy atom. The van der Waals surface area contributed by atoms with Crippen molar-refractivity contribution in [1.82, 2.24) is 15.0 Å². The van der Waals surface area contributed by atoms with Crippen LogP contribution in [0, 0.1) is 20.8 Å². The highest BCUT2D eigenvalue weighted by molar-refractivity contribution is 6.03. The van der Waals surface area contributed by atoms with Crippen LogP contribution in [0.15, 0.2) is 48.8 Å². The molecule has 28 heavy (non-hydrogen) atoms. The first kappa shape index (κ1) is 19.5. The lowest BCUT2D eigenvalue weighted by atomic mass is 10.1. The zero-order valence-corrected chi connectivity index (χ0v) is 16.7. The van der Waals surface area contributed by atoms with Crippen LogP contribution >= 0.6 is 0 Å². The maximum atomic E-state index is 12.7. The van der Waals surface area contributed by atoms with Crippen molar-refractivity contribution in [1.29, 1.82) is 0 Å². The van der Waals surface area contributed by atoms with Gasteiger partial charge in [-0.15, -0.1) is 0 Å². The molecule has 0 aliphatic rings. The fourth-order valence-electron chi connectivity index (χ4n) is 3.07. The van der Waals surface area contributed by atoms with Gasteiger partial charge >= 0.3 is 0 Å². The van der Waals surface area contributed by atoms with Gasteiger partial charge in [0.25, 0.3) is 5.91 Å². The predicted octanol–water partition coefficient (Wildman–Crippen LogP) is 3.73. The van der Waals surface area contributed by atoms with E-state index in [1.807, 2.05) is 50.1 Å². The molecule has 3 aromatic rings. The van der Waals surface area contributed by atoms with Crippen molar-refractivity contribution in [2.75, 3.05) is 23.8 Å². The van der Waals surface area contributed by atoms with Gasteiger partial charge in [0.05, 0.1) is 0 Å². The third-order valence-electron chi connectivity index (χ3n) is 4.41. The minimum atomic E-state index is -0.237. The number of likely N-dealkylation sites (N-methyl/N-ethyl adjacent to an activating group) is 1. The van der Waals surface area contributed by atoms with E-state index in [4.69, 9.17) is 0 Å². The molecule has 144 valence electrons. The molecule has 3 rings (SSSR count). The third kappa shape index (κ3) is 5.13. The molecule has 0 bridgehead atoms. The Morgan fingerprint density at radius 3 is 2.36 bits per heavy atom. The first-order valence-corrected chi connectivity index (χ1v) is 9.26. The lowest BCUT2D eigenvalue weighted by Crippen LogP contribution is -2.23. The van der Waals surface area contributed by atoms with Gasteiger partial charge in [0.15, 0.2) is 0 Å². The quantitative estimate of drug-likeness (QED) is 0.711. The first-order chi connectivity index (χ1) is 13.4. The number of pyridine rings is 1. The van der Waals surface area contributed by atoms with Crippen molar-refractivity contribution in [3.05, 3.63) is 77.0 Å². The third-order valence-corrected chi connectivity index (χ3v) is 4.41. The van der Waals surface area contributed by atoms with E-state index in [0.29, 0.717) is 11.5 Å². The standard InChI is InChI=1S/C22H25N5O/c1-15-11-16(2)13-19(12-15)26-22(28)20-14-21(25-17(3)24-20)27(4)10-7-18-5-8-23-9-6-18/h5-6,8-9,11-14H,7,10H2,1-4H3,(H,26,28). The van der Waals surface area contributed by atoms with Crippen molar-refractivity contribution in [2.24, 2.45) is 0 Å². The Kier molecular flexibility index (Phi) is 5.99. The van der Waals surface area contributed by atoms with Gasteiger partial charge < -0.3 is 10.2 Å². The SMILES string of the molecule is Cc1cc(C)cc(NC(=O)c2cc(N(C)CCc3ccncc3)nc(C)n2)c1. The summed E-state index contributed by atoms with van der Waals surface area (Å²) in [6.07, 6.45) is 4.45. The zero-order valence-electron chi connectivity index (χ0n) is 16.7.